The van der Waals surface area contributed by atoms with Crippen molar-refractivity contribution in [1.82, 2.24) is 4.98 Å². The van der Waals surface area contributed by atoms with Crippen LogP contribution in [0, 0.1) is 0 Å². The van der Waals surface area contributed by atoms with E-state index in [2.05, 4.69) is 4.98 Å². The first kappa shape index (κ1) is 10.3. The van der Waals surface area contributed by atoms with E-state index in [4.69, 9.17) is 17.3 Å². The monoisotopic (exact) mass is 210 g/mol. The Kier molecular flexibility index (Phi) is 2.77. The first-order valence-electron chi connectivity index (χ1n) is 3.38. The highest BCUT2D eigenvalue weighted by Crippen LogP contribution is 2.31. The Bertz CT molecular complexity index is 311. The zero-order valence-electron chi connectivity index (χ0n) is 6.40. The maximum atomic E-state index is 12.2. The molecule has 0 atom stereocenters. The predicted octanol–water partition coefficient (Wildman–Crippen LogP) is 2.21. The number of hydrogen-bond donors (Lipinski definition) is 1. The normalized spacial score (nSPS) is 11.8. The lowest BCUT2D eigenvalue weighted by atomic mass is 10.2. The fraction of sp³-hybridized carbons (Fsp3) is 0.286. The van der Waals surface area contributed by atoms with Crippen molar-refractivity contribution in [3.05, 3.63) is 28.5 Å². The summed E-state index contributed by atoms with van der Waals surface area (Å²) in [6.07, 6.45) is -4.42. The van der Waals surface area contributed by atoms with Gasteiger partial charge in [-0.15, -0.1) is 0 Å². The maximum absolute atomic E-state index is 12.2. The first-order chi connectivity index (χ1) is 5.95. The molecule has 0 unspecified atom stereocenters. The molecule has 0 amide bonds. The predicted molar refractivity (Wildman–Crippen MR) is 42.1 cm³/mol. The molecule has 6 heteroatoms. The van der Waals surface area contributed by atoms with Gasteiger partial charge in [0.05, 0.1) is 11.3 Å². The van der Waals surface area contributed by atoms with E-state index in [1.807, 2.05) is 0 Å². The van der Waals surface area contributed by atoms with Gasteiger partial charge in [-0.1, -0.05) is 11.6 Å². The van der Waals surface area contributed by atoms with Gasteiger partial charge in [-0.2, -0.15) is 13.2 Å². The molecular weight excluding hydrogens is 205 g/mol. The molecule has 1 rings (SSSR count). The van der Waals surface area contributed by atoms with Crippen LogP contribution in [-0.4, -0.2) is 4.98 Å². The molecule has 0 aromatic carbocycles. The van der Waals surface area contributed by atoms with Crippen molar-refractivity contribution in [3.63, 3.8) is 0 Å². The number of nitrogens with two attached hydrogens (primary N) is 1. The summed E-state index contributed by atoms with van der Waals surface area (Å²) in [5.41, 5.74) is 4.03. The summed E-state index contributed by atoms with van der Waals surface area (Å²) in [6, 6.07) is 1.96. The summed E-state index contributed by atoms with van der Waals surface area (Å²) in [7, 11) is 0. The van der Waals surface area contributed by atoms with Gasteiger partial charge in [-0.05, 0) is 12.1 Å². The largest absolute Gasteiger partial charge is 0.418 e. The molecule has 0 saturated heterocycles. The molecule has 0 fully saturated rings. The average molecular weight is 211 g/mol. The Morgan fingerprint density at radius 2 is 2.00 bits per heavy atom. The van der Waals surface area contributed by atoms with Crippen molar-refractivity contribution in [2.45, 2.75) is 12.7 Å². The molecule has 13 heavy (non-hydrogen) atoms. The third kappa shape index (κ3) is 2.32. The Hall–Kier alpha value is -0.810. The van der Waals surface area contributed by atoms with E-state index in [9.17, 15) is 13.2 Å². The molecule has 2 N–H and O–H groups in total. The van der Waals surface area contributed by atoms with Crippen molar-refractivity contribution >= 4 is 11.6 Å². The first-order valence-corrected chi connectivity index (χ1v) is 3.75. The van der Waals surface area contributed by atoms with E-state index in [0.717, 1.165) is 12.1 Å². The van der Waals surface area contributed by atoms with Crippen LogP contribution in [0.4, 0.5) is 13.2 Å². The summed E-state index contributed by atoms with van der Waals surface area (Å²) in [4.78, 5) is 3.48. The van der Waals surface area contributed by atoms with Gasteiger partial charge in [0.2, 0.25) is 0 Å². The summed E-state index contributed by atoms with van der Waals surface area (Å²) in [5, 5.41) is 0.00782. The third-order valence-electron chi connectivity index (χ3n) is 1.44. The van der Waals surface area contributed by atoms with Crippen LogP contribution >= 0.6 is 11.6 Å². The van der Waals surface area contributed by atoms with Crippen LogP contribution in [0.3, 0.4) is 0 Å². The number of alkyl halides is 3. The number of pyridine rings is 1. The highest BCUT2D eigenvalue weighted by atomic mass is 35.5. The molecule has 72 valence electrons. The van der Waals surface area contributed by atoms with Crippen LogP contribution in [0.1, 0.15) is 11.3 Å². The Morgan fingerprint density at radius 1 is 1.38 bits per heavy atom. The zero-order chi connectivity index (χ0) is 10.1. The van der Waals surface area contributed by atoms with Gasteiger partial charge in [-0.25, -0.2) is 4.98 Å². The second-order valence-electron chi connectivity index (χ2n) is 2.33. The minimum absolute atomic E-state index is 0.00782. The Morgan fingerprint density at radius 3 is 2.46 bits per heavy atom. The van der Waals surface area contributed by atoms with E-state index in [0.29, 0.717) is 0 Å². The van der Waals surface area contributed by atoms with Crippen molar-refractivity contribution in [1.29, 1.82) is 0 Å². The van der Waals surface area contributed by atoms with Crippen molar-refractivity contribution in [2.24, 2.45) is 5.73 Å². The number of aromatic nitrogens is 1. The van der Waals surface area contributed by atoms with Crippen molar-refractivity contribution in [2.75, 3.05) is 0 Å². The van der Waals surface area contributed by atoms with Crippen LogP contribution in [0.25, 0.3) is 0 Å². The molecule has 0 radical (unpaired) electrons. The van der Waals surface area contributed by atoms with Gasteiger partial charge < -0.3 is 5.73 Å². The number of nitrogens with zero attached hydrogens (tertiary/aromatic N) is 1. The number of hydrogen-bond acceptors (Lipinski definition) is 2. The second-order valence-corrected chi connectivity index (χ2v) is 2.72. The lowest BCUT2D eigenvalue weighted by Gasteiger charge is -2.10. The fourth-order valence-electron chi connectivity index (χ4n) is 0.888. The number of halogens is 4. The molecule has 2 nitrogen and oxygen atoms in total. The summed E-state index contributed by atoms with van der Waals surface area (Å²) in [6.45, 7) is -0.282. The van der Waals surface area contributed by atoms with Gasteiger partial charge >= 0.3 is 6.18 Å². The van der Waals surface area contributed by atoms with Gasteiger partial charge in [0.25, 0.3) is 0 Å². The van der Waals surface area contributed by atoms with Crippen LogP contribution in [0.15, 0.2) is 12.1 Å². The molecule has 1 aromatic rings. The van der Waals surface area contributed by atoms with Crippen LogP contribution in [0.2, 0.25) is 5.15 Å². The van der Waals surface area contributed by atoms with Crippen molar-refractivity contribution < 1.29 is 13.2 Å². The molecular formula is C7H6ClF3N2. The molecule has 0 bridgehead atoms. The molecule has 1 heterocycles. The van der Waals surface area contributed by atoms with E-state index < -0.39 is 11.7 Å². The SMILES string of the molecule is NCc1nc(Cl)ccc1C(F)(F)F. The second kappa shape index (κ2) is 3.51. The average Bonchev–Trinajstić information content (AvgIpc) is 2.01. The minimum atomic E-state index is -4.42. The van der Waals surface area contributed by atoms with Gasteiger partial charge in [0.15, 0.2) is 0 Å². The van der Waals surface area contributed by atoms with Gasteiger partial charge in [-0.3, -0.25) is 0 Å². The highest BCUT2D eigenvalue weighted by Gasteiger charge is 2.33. The summed E-state index contributed by atoms with van der Waals surface area (Å²) in [5.74, 6) is 0. The Labute approximate surface area is 77.5 Å². The van der Waals surface area contributed by atoms with Crippen LogP contribution in [0.5, 0.6) is 0 Å². The van der Waals surface area contributed by atoms with Crippen LogP contribution in [-0.2, 0) is 12.7 Å². The molecule has 0 aliphatic heterocycles. The van der Waals surface area contributed by atoms with E-state index in [1.165, 1.54) is 0 Å². The summed E-state index contributed by atoms with van der Waals surface area (Å²) >= 11 is 5.41. The quantitative estimate of drug-likeness (QED) is 0.722. The van der Waals surface area contributed by atoms with Crippen molar-refractivity contribution in [3.8, 4) is 0 Å². The van der Waals surface area contributed by atoms with Gasteiger partial charge in [0, 0.05) is 6.54 Å². The smallest absolute Gasteiger partial charge is 0.325 e. The maximum Gasteiger partial charge on any atom is 0.418 e. The topological polar surface area (TPSA) is 38.9 Å². The Balaban J connectivity index is 3.22. The summed E-state index contributed by atoms with van der Waals surface area (Å²) < 4.78 is 36.7. The fourth-order valence-corrected chi connectivity index (χ4v) is 1.05. The standard InChI is InChI=1S/C7H6ClF3N2/c8-6-2-1-4(7(9,10)11)5(3-12)13-6/h1-2H,3,12H2. The van der Waals surface area contributed by atoms with Crippen LogP contribution < -0.4 is 5.73 Å². The molecule has 1 aromatic heterocycles. The molecule has 0 aliphatic carbocycles. The van der Waals surface area contributed by atoms with Gasteiger partial charge in [0.1, 0.15) is 5.15 Å². The van der Waals surface area contributed by atoms with E-state index in [-0.39, 0.29) is 17.4 Å². The molecule has 0 saturated carbocycles. The lowest BCUT2D eigenvalue weighted by Crippen LogP contribution is -2.13. The van der Waals surface area contributed by atoms with E-state index >= 15 is 0 Å². The molecule has 0 spiro atoms. The zero-order valence-corrected chi connectivity index (χ0v) is 7.15. The number of rotatable bonds is 1. The third-order valence-corrected chi connectivity index (χ3v) is 1.65. The molecule has 0 aliphatic rings. The van der Waals surface area contributed by atoms with E-state index in [1.54, 1.807) is 0 Å². The lowest BCUT2D eigenvalue weighted by molar-refractivity contribution is -0.138. The highest BCUT2D eigenvalue weighted by molar-refractivity contribution is 6.29. The minimum Gasteiger partial charge on any atom is -0.325 e.